The third-order valence-corrected chi connectivity index (χ3v) is 6.19. The molecule has 0 radical (unpaired) electrons. The Labute approximate surface area is 123 Å². The van der Waals surface area contributed by atoms with E-state index in [4.69, 9.17) is 4.74 Å². The number of piperidine rings is 1. The molecule has 0 aromatic heterocycles. The Morgan fingerprint density at radius 2 is 2.21 bits per heavy atom. The van der Waals surface area contributed by atoms with Gasteiger partial charge in [-0.2, -0.15) is 11.8 Å². The van der Waals surface area contributed by atoms with Crippen molar-refractivity contribution in [2.24, 2.45) is 5.92 Å². The monoisotopic (exact) mass is 303 g/mol. The van der Waals surface area contributed by atoms with Crippen LogP contribution in [0.2, 0.25) is 0 Å². The van der Waals surface area contributed by atoms with Gasteiger partial charge >= 0.3 is 5.97 Å². The largest absolute Gasteiger partial charge is 0.466 e. The van der Waals surface area contributed by atoms with Crippen molar-refractivity contribution >= 4 is 35.4 Å². The van der Waals surface area contributed by atoms with Gasteiger partial charge in [0.25, 0.3) is 0 Å². The van der Waals surface area contributed by atoms with E-state index in [1.807, 2.05) is 23.6 Å². The van der Waals surface area contributed by atoms with Crippen molar-refractivity contribution in [3.63, 3.8) is 0 Å². The van der Waals surface area contributed by atoms with E-state index in [1.54, 1.807) is 11.8 Å². The molecule has 2 aliphatic rings. The fourth-order valence-electron chi connectivity index (χ4n) is 2.46. The van der Waals surface area contributed by atoms with Gasteiger partial charge in [-0.1, -0.05) is 0 Å². The van der Waals surface area contributed by atoms with Gasteiger partial charge in [-0.3, -0.25) is 9.59 Å². The second-order valence-electron chi connectivity index (χ2n) is 4.81. The molecule has 0 spiro atoms. The molecule has 2 aliphatic heterocycles. The van der Waals surface area contributed by atoms with Gasteiger partial charge < -0.3 is 9.64 Å². The molecule has 0 aromatic rings. The molecule has 2 unspecified atom stereocenters. The topological polar surface area (TPSA) is 46.6 Å². The summed E-state index contributed by atoms with van der Waals surface area (Å²) >= 11 is 3.61. The number of likely N-dealkylation sites (tertiary alicyclic amines) is 1. The Balaban J connectivity index is 1.89. The minimum Gasteiger partial charge on any atom is -0.466 e. The van der Waals surface area contributed by atoms with Crippen LogP contribution in [0.1, 0.15) is 19.8 Å². The van der Waals surface area contributed by atoms with Crippen LogP contribution in [-0.4, -0.2) is 59.0 Å². The first-order valence-electron chi connectivity index (χ1n) is 6.87. The zero-order valence-electron chi connectivity index (χ0n) is 11.3. The van der Waals surface area contributed by atoms with E-state index in [2.05, 4.69) is 0 Å². The summed E-state index contributed by atoms with van der Waals surface area (Å²) < 4.78 is 5.07. The number of hydrogen-bond acceptors (Lipinski definition) is 5. The number of carbonyl (C=O) groups is 2. The fourth-order valence-corrected chi connectivity index (χ4v) is 5.09. The third kappa shape index (κ3) is 4.05. The normalized spacial score (nSPS) is 27.9. The van der Waals surface area contributed by atoms with Gasteiger partial charge in [-0.15, -0.1) is 11.8 Å². The van der Waals surface area contributed by atoms with Crippen molar-refractivity contribution in [1.82, 2.24) is 4.90 Å². The van der Waals surface area contributed by atoms with E-state index in [1.165, 1.54) is 0 Å². The van der Waals surface area contributed by atoms with Crippen molar-refractivity contribution in [1.29, 1.82) is 0 Å². The van der Waals surface area contributed by atoms with Gasteiger partial charge in [0.2, 0.25) is 5.91 Å². The smallest absolute Gasteiger partial charge is 0.310 e. The molecular formula is C13H21NO3S2. The van der Waals surface area contributed by atoms with Crippen LogP contribution in [0.3, 0.4) is 0 Å². The van der Waals surface area contributed by atoms with Crippen molar-refractivity contribution in [2.75, 3.05) is 37.0 Å². The molecule has 2 heterocycles. The Morgan fingerprint density at radius 3 is 2.89 bits per heavy atom. The maximum atomic E-state index is 12.4. The molecule has 2 fully saturated rings. The minimum atomic E-state index is -0.148. The lowest BCUT2D eigenvalue weighted by Crippen LogP contribution is -2.47. The van der Waals surface area contributed by atoms with E-state index in [9.17, 15) is 9.59 Å². The van der Waals surface area contributed by atoms with Crippen LogP contribution in [-0.2, 0) is 14.3 Å². The molecule has 0 aromatic carbocycles. The summed E-state index contributed by atoms with van der Waals surface area (Å²) in [6.45, 7) is 3.56. The molecule has 4 nitrogen and oxygen atoms in total. The Hall–Kier alpha value is -0.360. The highest BCUT2D eigenvalue weighted by atomic mass is 32.2. The van der Waals surface area contributed by atoms with Gasteiger partial charge in [0.05, 0.1) is 17.8 Å². The number of rotatable bonds is 3. The standard InChI is InChI=1S/C13H21NO3S2/c1-2-17-13(16)10-4-3-5-14(8-10)12(15)11-9-18-6-7-19-11/h10-11H,2-9H2,1H3. The van der Waals surface area contributed by atoms with E-state index in [0.717, 1.165) is 36.6 Å². The number of thioether (sulfide) groups is 2. The molecule has 0 bridgehead atoms. The maximum absolute atomic E-state index is 12.4. The zero-order valence-corrected chi connectivity index (χ0v) is 12.9. The Bertz CT molecular complexity index is 332. The predicted octanol–water partition coefficient (Wildman–Crippen LogP) is 1.64. The summed E-state index contributed by atoms with van der Waals surface area (Å²) in [7, 11) is 0. The van der Waals surface area contributed by atoms with Crippen LogP contribution in [0, 0.1) is 5.92 Å². The number of amides is 1. The van der Waals surface area contributed by atoms with Crippen LogP contribution in [0.4, 0.5) is 0 Å². The van der Waals surface area contributed by atoms with Crippen molar-refractivity contribution in [2.45, 2.75) is 25.0 Å². The molecule has 0 saturated carbocycles. The van der Waals surface area contributed by atoms with Crippen molar-refractivity contribution in [3.05, 3.63) is 0 Å². The summed E-state index contributed by atoms with van der Waals surface area (Å²) in [5.74, 6) is 3.04. The van der Waals surface area contributed by atoms with Gasteiger partial charge in [0.1, 0.15) is 0 Å². The Morgan fingerprint density at radius 1 is 1.37 bits per heavy atom. The van der Waals surface area contributed by atoms with Crippen LogP contribution in [0.25, 0.3) is 0 Å². The number of carbonyl (C=O) groups excluding carboxylic acids is 2. The average molecular weight is 303 g/mol. The highest BCUT2D eigenvalue weighted by Gasteiger charge is 2.33. The van der Waals surface area contributed by atoms with Gasteiger partial charge in [-0.25, -0.2) is 0 Å². The molecule has 0 N–H and O–H groups in total. The third-order valence-electron chi connectivity index (χ3n) is 3.44. The summed E-state index contributed by atoms with van der Waals surface area (Å²) in [6, 6.07) is 0. The van der Waals surface area contributed by atoms with Crippen LogP contribution in [0.15, 0.2) is 0 Å². The summed E-state index contributed by atoms with van der Waals surface area (Å²) in [5, 5.41) is 0.0831. The molecule has 6 heteroatoms. The first-order chi connectivity index (χ1) is 9.22. The van der Waals surface area contributed by atoms with Crippen LogP contribution >= 0.6 is 23.5 Å². The summed E-state index contributed by atoms with van der Waals surface area (Å²) in [4.78, 5) is 26.1. The van der Waals surface area contributed by atoms with Gasteiger partial charge in [0.15, 0.2) is 0 Å². The number of nitrogens with zero attached hydrogens (tertiary/aromatic N) is 1. The minimum absolute atomic E-state index is 0.0831. The molecule has 2 saturated heterocycles. The van der Waals surface area contributed by atoms with Gasteiger partial charge in [0, 0.05) is 30.3 Å². The Kier molecular flexibility index (Phi) is 5.88. The molecule has 0 aliphatic carbocycles. The lowest BCUT2D eigenvalue weighted by atomic mass is 9.98. The molecule has 2 atom stereocenters. The highest BCUT2D eigenvalue weighted by Crippen LogP contribution is 2.27. The quantitative estimate of drug-likeness (QED) is 0.742. The average Bonchev–Trinajstić information content (AvgIpc) is 2.48. The van der Waals surface area contributed by atoms with E-state index in [0.29, 0.717) is 13.2 Å². The second-order valence-corrected chi connectivity index (χ2v) is 7.27. The number of hydrogen-bond donors (Lipinski definition) is 0. The van der Waals surface area contributed by atoms with E-state index in [-0.39, 0.29) is 23.0 Å². The predicted molar refractivity (Wildman–Crippen MR) is 79.5 cm³/mol. The van der Waals surface area contributed by atoms with E-state index >= 15 is 0 Å². The second kappa shape index (κ2) is 7.43. The first kappa shape index (κ1) is 15.0. The number of esters is 1. The van der Waals surface area contributed by atoms with E-state index < -0.39 is 0 Å². The molecule has 19 heavy (non-hydrogen) atoms. The summed E-state index contributed by atoms with van der Waals surface area (Å²) in [6.07, 6.45) is 1.74. The van der Waals surface area contributed by atoms with Crippen LogP contribution < -0.4 is 0 Å². The lowest BCUT2D eigenvalue weighted by molar-refractivity contribution is -0.151. The first-order valence-corrected chi connectivity index (χ1v) is 9.07. The maximum Gasteiger partial charge on any atom is 0.310 e. The molecule has 1 amide bonds. The fraction of sp³-hybridized carbons (Fsp3) is 0.846. The zero-order chi connectivity index (χ0) is 13.7. The lowest BCUT2D eigenvalue weighted by Gasteiger charge is -2.34. The van der Waals surface area contributed by atoms with Crippen molar-refractivity contribution < 1.29 is 14.3 Å². The van der Waals surface area contributed by atoms with Crippen molar-refractivity contribution in [3.8, 4) is 0 Å². The summed E-state index contributed by atoms with van der Waals surface area (Å²) in [5.41, 5.74) is 0. The highest BCUT2D eigenvalue weighted by molar-refractivity contribution is 8.07. The van der Waals surface area contributed by atoms with Crippen LogP contribution in [0.5, 0.6) is 0 Å². The number of ether oxygens (including phenoxy) is 1. The molecule has 2 rings (SSSR count). The van der Waals surface area contributed by atoms with Gasteiger partial charge in [-0.05, 0) is 19.8 Å². The molecular weight excluding hydrogens is 282 g/mol. The molecule has 108 valence electrons. The SMILES string of the molecule is CCOC(=O)C1CCCN(C(=O)C2CSCCS2)C1.